The van der Waals surface area contributed by atoms with Gasteiger partial charge in [-0.15, -0.1) is 0 Å². The minimum absolute atomic E-state index is 0.179. The first-order chi connectivity index (χ1) is 16.5. The molecule has 4 aromatic carbocycles. The van der Waals surface area contributed by atoms with Crippen molar-refractivity contribution in [1.29, 1.82) is 0 Å². The SMILES string of the molecule is O=C(Nc1ccc(S(=O)(=O)N2CCc3ccccc32)cc1)C(c1ccccc1)c1ccccc1. The summed E-state index contributed by atoms with van der Waals surface area (Å²) in [4.78, 5) is 13.5. The molecule has 0 atom stereocenters. The molecule has 0 saturated heterocycles. The van der Waals surface area contributed by atoms with Crippen LogP contribution in [0.5, 0.6) is 0 Å². The van der Waals surface area contributed by atoms with Crippen LogP contribution in [0.4, 0.5) is 11.4 Å². The molecule has 5 nitrogen and oxygen atoms in total. The Morgan fingerprint density at radius 3 is 1.91 bits per heavy atom. The third-order valence-electron chi connectivity index (χ3n) is 6.08. The number of nitrogens with zero attached hydrogens (tertiary/aromatic N) is 1. The Bertz CT molecular complexity index is 1360. The fourth-order valence-electron chi connectivity index (χ4n) is 4.40. The van der Waals surface area contributed by atoms with Gasteiger partial charge in [0, 0.05) is 12.2 Å². The summed E-state index contributed by atoms with van der Waals surface area (Å²) in [7, 11) is -3.68. The molecule has 1 aliphatic heterocycles. The van der Waals surface area contributed by atoms with Crippen LogP contribution in [-0.4, -0.2) is 20.9 Å². The number of rotatable bonds is 6. The molecular weight excluding hydrogens is 444 g/mol. The van der Waals surface area contributed by atoms with Gasteiger partial charge in [0.2, 0.25) is 5.91 Å². The van der Waals surface area contributed by atoms with Crippen LogP contribution in [0.15, 0.2) is 114 Å². The van der Waals surface area contributed by atoms with Gasteiger partial charge in [-0.25, -0.2) is 8.42 Å². The Labute approximate surface area is 199 Å². The summed E-state index contributed by atoms with van der Waals surface area (Å²) in [5, 5.41) is 2.96. The summed E-state index contributed by atoms with van der Waals surface area (Å²) < 4.78 is 28.0. The molecule has 0 spiro atoms. The summed E-state index contributed by atoms with van der Waals surface area (Å²) in [6.45, 7) is 0.427. The third kappa shape index (κ3) is 4.20. The van der Waals surface area contributed by atoms with Gasteiger partial charge in [-0.1, -0.05) is 78.9 Å². The van der Waals surface area contributed by atoms with Crippen molar-refractivity contribution in [2.45, 2.75) is 17.2 Å². The Morgan fingerprint density at radius 2 is 1.29 bits per heavy atom. The van der Waals surface area contributed by atoms with Crippen molar-refractivity contribution >= 4 is 27.3 Å². The summed E-state index contributed by atoms with van der Waals surface area (Å²) in [5.74, 6) is -0.659. The zero-order chi connectivity index (χ0) is 23.5. The number of carbonyl (C=O) groups is 1. The molecule has 0 radical (unpaired) electrons. The van der Waals surface area contributed by atoms with Gasteiger partial charge in [-0.2, -0.15) is 0 Å². The van der Waals surface area contributed by atoms with Gasteiger partial charge in [0.1, 0.15) is 0 Å². The normalized spacial score (nSPS) is 13.0. The predicted molar refractivity (Wildman–Crippen MR) is 134 cm³/mol. The smallest absolute Gasteiger partial charge is 0.264 e. The van der Waals surface area contributed by atoms with Crippen LogP contribution < -0.4 is 9.62 Å². The lowest BCUT2D eigenvalue weighted by Gasteiger charge is -2.20. The van der Waals surface area contributed by atoms with Crippen molar-refractivity contribution in [1.82, 2.24) is 0 Å². The van der Waals surface area contributed by atoms with Crippen LogP contribution in [-0.2, 0) is 21.2 Å². The van der Waals surface area contributed by atoms with E-state index in [2.05, 4.69) is 5.32 Å². The molecule has 170 valence electrons. The van der Waals surface area contributed by atoms with Crippen molar-refractivity contribution in [2.75, 3.05) is 16.2 Å². The van der Waals surface area contributed by atoms with E-state index < -0.39 is 15.9 Å². The van der Waals surface area contributed by atoms with Crippen LogP contribution >= 0.6 is 0 Å². The number of nitrogens with one attached hydrogen (secondary N) is 1. The number of carbonyl (C=O) groups excluding carboxylic acids is 1. The highest BCUT2D eigenvalue weighted by Gasteiger charge is 2.30. The summed E-state index contributed by atoms with van der Waals surface area (Å²) in [6, 6.07) is 33.1. The maximum atomic E-state index is 13.3. The van der Waals surface area contributed by atoms with E-state index in [0.717, 1.165) is 22.4 Å². The lowest BCUT2D eigenvalue weighted by atomic mass is 9.90. The topological polar surface area (TPSA) is 66.5 Å². The second kappa shape index (κ2) is 9.15. The van der Waals surface area contributed by atoms with Gasteiger partial charge >= 0.3 is 0 Å². The van der Waals surface area contributed by atoms with Gasteiger partial charge in [-0.05, 0) is 53.4 Å². The quantitative estimate of drug-likeness (QED) is 0.423. The van der Waals surface area contributed by atoms with Crippen molar-refractivity contribution in [3.8, 4) is 0 Å². The van der Waals surface area contributed by atoms with E-state index in [1.54, 1.807) is 24.3 Å². The highest BCUT2D eigenvalue weighted by atomic mass is 32.2. The number of fused-ring (bicyclic) bond motifs is 1. The van der Waals surface area contributed by atoms with E-state index in [0.29, 0.717) is 18.7 Å². The van der Waals surface area contributed by atoms with E-state index in [4.69, 9.17) is 0 Å². The minimum Gasteiger partial charge on any atom is -0.325 e. The van der Waals surface area contributed by atoms with Crippen LogP contribution in [0.3, 0.4) is 0 Å². The fraction of sp³-hybridized carbons (Fsp3) is 0.107. The van der Waals surface area contributed by atoms with Crippen LogP contribution in [0.2, 0.25) is 0 Å². The average molecular weight is 469 g/mol. The van der Waals surface area contributed by atoms with E-state index in [9.17, 15) is 13.2 Å². The molecule has 0 fully saturated rings. The standard InChI is InChI=1S/C28H24N2O3S/c31-28(27(22-10-3-1-4-11-22)23-12-5-2-6-13-23)29-24-15-17-25(18-16-24)34(32,33)30-20-19-21-9-7-8-14-26(21)30/h1-18,27H,19-20H2,(H,29,31). The third-order valence-corrected chi connectivity index (χ3v) is 7.91. The second-order valence-electron chi connectivity index (χ2n) is 8.22. The van der Waals surface area contributed by atoms with Crippen molar-refractivity contribution in [3.63, 3.8) is 0 Å². The van der Waals surface area contributed by atoms with Crippen molar-refractivity contribution in [2.24, 2.45) is 0 Å². The van der Waals surface area contributed by atoms with Gasteiger partial charge in [0.25, 0.3) is 10.0 Å². The molecule has 5 rings (SSSR count). The molecule has 4 aromatic rings. The Balaban J connectivity index is 1.38. The largest absolute Gasteiger partial charge is 0.325 e. The van der Waals surface area contributed by atoms with Gasteiger partial charge in [0.15, 0.2) is 0 Å². The predicted octanol–water partition coefficient (Wildman–Crippen LogP) is 5.21. The van der Waals surface area contributed by atoms with Gasteiger partial charge in [0.05, 0.1) is 16.5 Å². The molecule has 6 heteroatoms. The van der Waals surface area contributed by atoms with Gasteiger partial charge in [-0.3, -0.25) is 9.10 Å². The average Bonchev–Trinajstić information content (AvgIpc) is 3.31. The molecule has 0 saturated carbocycles. The van der Waals surface area contributed by atoms with Crippen molar-refractivity contribution < 1.29 is 13.2 Å². The minimum atomic E-state index is -3.68. The maximum absolute atomic E-state index is 13.3. The summed E-state index contributed by atoms with van der Waals surface area (Å²) in [5.41, 5.74) is 4.08. The fourth-order valence-corrected chi connectivity index (χ4v) is 5.90. The first-order valence-electron chi connectivity index (χ1n) is 11.2. The first-order valence-corrected chi connectivity index (χ1v) is 12.6. The molecule has 0 aliphatic carbocycles. The number of para-hydroxylation sites is 1. The monoisotopic (exact) mass is 468 g/mol. The molecular formula is C28H24N2O3S. The number of hydrogen-bond donors (Lipinski definition) is 1. The van der Waals surface area contributed by atoms with E-state index in [1.165, 1.54) is 4.31 Å². The molecule has 0 unspecified atom stereocenters. The van der Waals surface area contributed by atoms with E-state index in [-0.39, 0.29) is 10.8 Å². The molecule has 0 bridgehead atoms. The number of hydrogen-bond acceptors (Lipinski definition) is 3. The molecule has 0 aromatic heterocycles. The summed E-state index contributed by atoms with van der Waals surface area (Å²) in [6.07, 6.45) is 0.698. The lowest BCUT2D eigenvalue weighted by Crippen LogP contribution is -2.29. The molecule has 1 N–H and O–H groups in total. The Morgan fingerprint density at radius 1 is 0.735 bits per heavy atom. The molecule has 1 aliphatic rings. The lowest BCUT2D eigenvalue weighted by molar-refractivity contribution is -0.116. The highest BCUT2D eigenvalue weighted by Crippen LogP contribution is 2.33. The van der Waals surface area contributed by atoms with Crippen molar-refractivity contribution in [3.05, 3.63) is 126 Å². The van der Waals surface area contributed by atoms with Crippen LogP contribution in [0.1, 0.15) is 22.6 Å². The maximum Gasteiger partial charge on any atom is 0.264 e. The number of amides is 1. The summed E-state index contributed by atoms with van der Waals surface area (Å²) >= 11 is 0. The first kappa shape index (κ1) is 21.9. The van der Waals surface area contributed by atoms with Gasteiger partial charge < -0.3 is 5.32 Å². The zero-order valence-corrected chi connectivity index (χ0v) is 19.3. The highest BCUT2D eigenvalue weighted by molar-refractivity contribution is 7.92. The van der Waals surface area contributed by atoms with E-state index >= 15 is 0 Å². The van der Waals surface area contributed by atoms with Crippen LogP contribution in [0.25, 0.3) is 0 Å². The molecule has 1 amide bonds. The second-order valence-corrected chi connectivity index (χ2v) is 10.1. The Kier molecular flexibility index (Phi) is 5.90. The number of benzene rings is 4. The zero-order valence-electron chi connectivity index (χ0n) is 18.5. The molecule has 1 heterocycles. The number of sulfonamides is 1. The Hall–Kier alpha value is -3.90. The molecule has 34 heavy (non-hydrogen) atoms. The van der Waals surface area contributed by atoms with Crippen LogP contribution in [0, 0.1) is 0 Å². The van der Waals surface area contributed by atoms with E-state index in [1.807, 2.05) is 84.9 Å². The number of anilines is 2.